The standard InChI is InChI=1S/C17H26O2/c1-10(2)14-7-6-12(4)17-15(14)8-11(3)9-16(17)19-13(5)18/h8,12,15-17H,6-7,9H2,1-5H3/t12-,15+,16-,17+/m0/s1. The molecule has 0 aromatic heterocycles. The Morgan fingerprint density at radius 3 is 2.58 bits per heavy atom. The number of allylic oxidation sites excluding steroid dienone is 3. The first-order valence-electron chi connectivity index (χ1n) is 7.41. The molecule has 2 rings (SSSR count). The van der Waals surface area contributed by atoms with Crippen molar-refractivity contribution in [2.75, 3.05) is 0 Å². The molecule has 2 heteroatoms. The Kier molecular flexibility index (Phi) is 4.17. The van der Waals surface area contributed by atoms with Crippen molar-refractivity contribution >= 4 is 5.97 Å². The monoisotopic (exact) mass is 262 g/mol. The molecular formula is C17H26O2. The fourth-order valence-electron chi connectivity index (χ4n) is 3.88. The average molecular weight is 262 g/mol. The van der Waals surface area contributed by atoms with Gasteiger partial charge in [0.25, 0.3) is 0 Å². The summed E-state index contributed by atoms with van der Waals surface area (Å²) in [5.41, 5.74) is 4.37. The maximum atomic E-state index is 11.4. The highest BCUT2D eigenvalue weighted by Gasteiger charge is 2.42. The van der Waals surface area contributed by atoms with Gasteiger partial charge in [0, 0.05) is 25.2 Å². The van der Waals surface area contributed by atoms with Gasteiger partial charge in [0.2, 0.25) is 0 Å². The number of hydrogen-bond acceptors (Lipinski definition) is 2. The van der Waals surface area contributed by atoms with Crippen molar-refractivity contribution in [2.24, 2.45) is 17.8 Å². The van der Waals surface area contributed by atoms with Gasteiger partial charge < -0.3 is 4.74 Å². The Morgan fingerprint density at radius 2 is 2.00 bits per heavy atom. The molecular weight excluding hydrogens is 236 g/mol. The van der Waals surface area contributed by atoms with Gasteiger partial charge in [0.15, 0.2) is 0 Å². The third-order valence-electron chi connectivity index (χ3n) is 4.72. The first kappa shape index (κ1) is 14.4. The molecule has 0 spiro atoms. The van der Waals surface area contributed by atoms with Crippen molar-refractivity contribution in [2.45, 2.75) is 60.0 Å². The molecule has 0 unspecified atom stereocenters. The summed E-state index contributed by atoms with van der Waals surface area (Å²) in [7, 11) is 0. The van der Waals surface area contributed by atoms with Gasteiger partial charge >= 0.3 is 5.97 Å². The number of ether oxygens (including phenoxy) is 1. The van der Waals surface area contributed by atoms with Crippen LogP contribution in [-0.4, -0.2) is 12.1 Å². The quantitative estimate of drug-likeness (QED) is 0.521. The molecule has 0 aliphatic heterocycles. The van der Waals surface area contributed by atoms with Gasteiger partial charge in [-0.3, -0.25) is 4.79 Å². The van der Waals surface area contributed by atoms with Crippen molar-refractivity contribution in [3.8, 4) is 0 Å². The molecule has 0 heterocycles. The summed E-state index contributed by atoms with van der Waals surface area (Å²) in [5.74, 6) is 1.43. The zero-order valence-corrected chi connectivity index (χ0v) is 12.8. The first-order valence-corrected chi connectivity index (χ1v) is 7.41. The Hall–Kier alpha value is -1.05. The molecule has 1 fully saturated rings. The molecule has 0 aromatic rings. The summed E-state index contributed by atoms with van der Waals surface area (Å²) in [6.07, 6.45) is 5.80. The van der Waals surface area contributed by atoms with Gasteiger partial charge in [-0.25, -0.2) is 0 Å². The summed E-state index contributed by atoms with van der Waals surface area (Å²) in [6.45, 7) is 10.4. The number of rotatable bonds is 1. The zero-order valence-electron chi connectivity index (χ0n) is 12.8. The molecule has 2 nitrogen and oxygen atoms in total. The number of carbonyl (C=O) groups is 1. The molecule has 4 atom stereocenters. The predicted octanol–water partition coefficient (Wildman–Crippen LogP) is 4.27. The Morgan fingerprint density at radius 1 is 1.32 bits per heavy atom. The number of fused-ring (bicyclic) bond motifs is 1. The van der Waals surface area contributed by atoms with Crippen molar-refractivity contribution in [3.05, 3.63) is 22.8 Å². The van der Waals surface area contributed by atoms with Crippen LogP contribution in [-0.2, 0) is 9.53 Å². The van der Waals surface area contributed by atoms with Gasteiger partial charge in [0.1, 0.15) is 6.10 Å². The van der Waals surface area contributed by atoms with Crippen LogP contribution in [0.2, 0.25) is 0 Å². The SMILES string of the molecule is CC(=O)O[C@H]1CC(C)=C[C@@H]2C(=C(C)C)CC[C@H](C)[C@@H]12. The molecule has 0 aromatic carbocycles. The largest absolute Gasteiger partial charge is 0.462 e. The van der Waals surface area contributed by atoms with E-state index in [1.807, 2.05) is 0 Å². The van der Waals surface area contributed by atoms with Gasteiger partial charge in [-0.05, 0) is 39.5 Å². The molecule has 2 aliphatic carbocycles. The third kappa shape index (κ3) is 2.93. The van der Waals surface area contributed by atoms with Gasteiger partial charge in [-0.1, -0.05) is 29.7 Å². The van der Waals surface area contributed by atoms with Crippen LogP contribution in [0.5, 0.6) is 0 Å². The highest BCUT2D eigenvalue weighted by molar-refractivity contribution is 5.66. The van der Waals surface area contributed by atoms with E-state index in [-0.39, 0.29) is 12.1 Å². The van der Waals surface area contributed by atoms with E-state index in [4.69, 9.17) is 4.74 Å². The van der Waals surface area contributed by atoms with E-state index < -0.39 is 0 Å². The van der Waals surface area contributed by atoms with Gasteiger partial charge in [0.05, 0.1) is 0 Å². The van der Waals surface area contributed by atoms with Crippen LogP contribution >= 0.6 is 0 Å². The zero-order chi connectivity index (χ0) is 14.2. The van der Waals surface area contributed by atoms with Crippen LogP contribution < -0.4 is 0 Å². The Balaban J connectivity index is 2.36. The second kappa shape index (κ2) is 5.52. The van der Waals surface area contributed by atoms with E-state index >= 15 is 0 Å². The number of hydrogen-bond donors (Lipinski definition) is 0. The fourth-order valence-corrected chi connectivity index (χ4v) is 3.88. The van der Waals surface area contributed by atoms with Crippen LogP contribution in [0.3, 0.4) is 0 Å². The average Bonchev–Trinajstić information content (AvgIpc) is 2.26. The van der Waals surface area contributed by atoms with Crippen LogP contribution in [0.4, 0.5) is 0 Å². The van der Waals surface area contributed by atoms with E-state index in [2.05, 4.69) is 33.8 Å². The van der Waals surface area contributed by atoms with Crippen molar-refractivity contribution < 1.29 is 9.53 Å². The summed E-state index contributed by atoms with van der Waals surface area (Å²) < 4.78 is 5.63. The van der Waals surface area contributed by atoms with Crippen LogP contribution in [0, 0.1) is 17.8 Å². The van der Waals surface area contributed by atoms with Gasteiger partial charge in [-0.2, -0.15) is 0 Å². The molecule has 1 saturated carbocycles. The van der Waals surface area contributed by atoms with Crippen molar-refractivity contribution in [1.82, 2.24) is 0 Å². The maximum Gasteiger partial charge on any atom is 0.302 e. The lowest BCUT2D eigenvalue weighted by Gasteiger charge is -2.44. The molecule has 19 heavy (non-hydrogen) atoms. The lowest BCUT2D eigenvalue weighted by molar-refractivity contribution is -0.151. The van der Waals surface area contributed by atoms with E-state index in [0.29, 0.717) is 17.8 Å². The van der Waals surface area contributed by atoms with Gasteiger partial charge in [-0.15, -0.1) is 0 Å². The molecule has 2 aliphatic rings. The van der Waals surface area contributed by atoms with Crippen LogP contribution in [0.25, 0.3) is 0 Å². The van der Waals surface area contributed by atoms with E-state index in [1.165, 1.54) is 30.9 Å². The second-order valence-corrected chi connectivity index (χ2v) is 6.51. The molecule has 0 bridgehead atoms. The normalized spacial score (nSPS) is 34.4. The second-order valence-electron chi connectivity index (χ2n) is 6.51. The minimum atomic E-state index is -0.144. The minimum absolute atomic E-state index is 0.0668. The number of esters is 1. The van der Waals surface area contributed by atoms with Crippen molar-refractivity contribution in [3.63, 3.8) is 0 Å². The summed E-state index contributed by atoms with van der Waals surface area (Å²) in [5, 5.41) is 0. The lowest BCUT2D eigenvalue weighted by atomic mass is 9.63. The van der Waals surface area contributed by atoms with E-state index in [1.54, 1.807) is 5.57 Å². The number of carbonyl (C=O) groups excluding carboxylic acids is 1. The minimum Gasteiger partial charge on any atom is -0.462 e. The Labute approximate surface area is 116 Å². The van der Waals surface area contributed by atoms with E-state index in [0.717, 1.165) is 6.42 Å². The van der Waals surface area contributed by atoms with Crippen molar-refractivity contribution in [1.29, 1.82) is 0 Å². The topological polar surface area (TPSA) is 26.3 Å². The summed E-state index contributed by atoms with van der Waals surface area (Å²) in [4.78, 5) is 11.4. The van der Waals surface area contributed by atoms with Crippen LogP contribution in [0.1, 0.15) is 53.9 Å². The fraction of sp³-hybridized carbons (Fsp3) is 0.706. The first-order chi connectivity index (χ1) is 8.90. The Bertz CT molecular complexity index is 427. The predicted molar refractivity (Wildman–Crippen MR) is 77.7 cm³/mol. The summed E-state index contributed by atoms with van der Waals surface area (Å²) in [6, 6.07) is 0. The highest BCUT2D eigenvalue weighted by Crippen LogP contribution is 2.47. The third-order valence-corrected chi connectivity index (χ3v) is 4.72. The summed E-state index contributed by atoms with van der Waals surface area (Å²) >= 11 is 0. The lowest BCUT2D eigenvalue weighted by Crippen LogP contribution is -2.41. The van der Waals surface area contributed by atoms with Crippen LogP contribution in [0.15, 0.2) is 22.8 Å². The molecule has 0 saturated heterocycles. The molecule has 106 valence electrons. The molecule has 0 radical (unpaired) electrons. The highest BCUT2D eigenvalue weighted by atomic mass is 16.5. The smallest absolute Gasteiger partial charge is 0.302 e. The molecule has 0 N–H and O–H groups in total. The molecule has 0 amide bonds. The van der Waals surface area contributed by atoms with E-state index in [9.17, 15) is 4.79 Å². The maximum absolute atomic E-state index is 11.4.